The van der Waals surface area contributed by atoms with Crippen molar-refractivity contribution in [1.29, 1.82) is 5.26 Å². The van der Waals surface area contributed by atoms with E-state index in [4.69, 9.17) is 10.00 Å². The molecule has 1 fully saturated rings. The average molecular weight is 316 g/mol. The van der Waals surface area contributed by atoms with Crippen molar-refractivity contribution in [1.82, 2.24) is 15.2 Å². The molecule has 1 N–H and O–H groups in total. The van der Waals surface area contributed by atoms with Crippen LogP contribution in [0.2, 0.25) is 0 Å². The molecular weight excluding hydrogens is 292 g/mol. The summed E-state index contributed by atoms with van der Waals surface area (Å²) in [7, 11) is 0. The average Bonchev–Trinajstić information content (AvgIpc) is 2.54. The monoisotopic (exact) mass is 316 g/mol. The highest BCUT2D eigenvalue weighted by molar-refractivity contribution is 5.93. The smallest absolute Gasteiger partial charge is 0.252 e. The van der Waals surface area contributed by atoms with E-state index >= 15 is 0 Å². The Morgan fingerprint density at radius 2 is 2.39 bits per heavy atom. The molecule has 0 saturated carbocycles. The minimum atomic E-state index is -0.170. The Morgan fingerprint density at radius 1 is 1.57 bits per heavy atom. The largest absolute Gasteiger partial charge is 0.375 e. The molecule has 1 atom stereocenters. The summed E-state index contributed by atoms with van der Waals surface area (Å²) in [5, 5.41) is 11.6. The molecule has 6 nitrogen and oxygen atoms in total. The molecule has 0 aliphatic carbocycles. The summed E-state index contributed by atoms with van der Waals surface area (Å²) >= 11 is 0. The Bertz CT molecular complexity index is 551. The van der Waals surface area contributed by atoms with Crippen LogP contribution in [-0.2, 0) is 4.74 Å². The molecule has 1 unspecified atom stereocenters. The quantitative estimate of drug-likeness (QED) is 0.859. The molecular formula is C17H24N4O2. The number of morpholine rings is 1. The van der Waals surface area contributed by atoms with Crippen LogP contribution in [0, 0.1) is 17.2 Å². The number of hydrogen-bond donors (Lipinski definition) is 1. The van der Waals surface area contributed by atoms with E-state index in [0.717, 1.165) is 32.7 Å². The number of hydrogen-bond acceptors (Lipinski definition) is 5. The zero-order chi connectivity index (χ0) is 16.7. The first-order chi connectivity index (χ1) is 11.1. The van der Waals surface area contributed by atoms with Gasteiger partial charge in [0.1, 0.15) is 11.8 Å². The first-order valence-electron chi connectivity index (χ1n) is 8.06. The van der Waals surface area contributed by atoms with Crippen molar-refractivity contribution in [3.63, 3.8) is 0 Å². The lowest BCUT2D eigenvalue weighted by molar-refractivity contribution is -0.0344. The lowest BCUT2D eigenvalue weighted by atomic mass is 10.1. The molecule has 1 amide bonds. The first kappa shape index (κ1) is 17.4. The van der Waals surface area contributed by atoms with Gasteiger partial charge in [-0.2, -0.15) is 5.26 Å². The number of nitriles is 1. The molecule has 1 aromatic heterocycles. The number of carbonyl (C=O) groups is 1. The third-order valence-electron chi connectivity index (χ3n) is 3.74. The van der Waals surface area contributed by atoms with Crippen LogP contribution in [0.1, 0.15) is 36.3 Å². The van der Waals surface area contributed by atoms with Gasteiger partial charge >= 0.3 is 0 Å². The van der Waals surface area contributed by atoms with E-state index in [-0.39, 0.29) is 12.0 Å². The molecule has 1 aliphatic heterocycles. The van der Waals surface area contributed by atoms with E-state index in [1.54, 1.807) is 12.1 Å². The highest BCUT2D eigenvalue weighted by Crippen LogP contribution is 2.10. The lowest BCUT2D eigenvalue weighted by Gasteiger charge is -2.34. The zero-order valence-electron chi connectivity index (χ0n) is 13.8. The summed E-state index contributed by atoms with van der Waals surface area (Å²) in [6, 6.07) is 5.09. The number of nitrogens with zero attached hydrogens (tertiary/aromatic N) is 3. The van der Waals surface area contributed by atoms with Crippen LogP contribution < -0.4 is 5.32 Å². The highest BCUT2D eigenvalue weighted by Gasteiger charge is 2.20. The lowest BCUT2D eigenvalue weighted by Crippen LogP contribution is -2.45. The SMILES string of the molecule is CC(C)CN1CCOC(CCNC(=O)c2ccc(C#N)nc2)C1. The number of rotatable bonds is 6. The van der Waals surface area contributed by atoms with Gasteiger partial charge in [0.25, 0.3) is 5.91 Å². The van der Waals surface area contributed by atoms with Crippen LogP contribution in [0.25, 0.3) is 0 Å². The van der Waals surface area contributed by atoms with Crippen molar-refractivity contribution in [2.75, 3.05) is 32.8 Å². The van der Waals surface area contributed by atoms with Crippen molar-refractivity contribution in [2.45, 2.75) is 26.4 Å². The summed E-state index contributed by atoms with van der Waals surface area (Å²) in [5.41, 5.74) is 0.775. The van der Waals surface area contributed by atoms with Crippen molar-refractivity contribution in [2.24, 2.45) is 5.92 Å². The van der Waals surface area contributed by atoms with Crippen molar-refractivity contribution in [3.05, 3.63) is 29.6 Å². The van der Waals surface area contributed by atoms with E-state index < -0.39 is 0 Å². The van der Waals surface area contributed by atoms with Gasteiger partial charge in [0, 0.05) is 32.4 Å². The number of carbonyl (C=O) groups excluding carboxylic acids is 1. The van der Waals surface area contributed by atoms with Crippen molar-refractivity contribution >= 4 is 5.91 Å². The maximum absolute atomic E-state index is 12.0. The topological polar surface area (TPSA) is 78.2 Å². The Kier molecular flexibility index (Phi) is 6.51. The van der Waals surface area contributed by atoms with Gasteiger partial charge in [0.15, 0.2) is 0 Å². The number of nitrogens with one attached hydrogen (secondary N) is 1. The fourth-order valence-electron chi connectivity index (χ4n) is 2.68. The first-order valence-corrected chi connectivity index (χ1v) is 8.06. The van der Waals surface area contributed by atoms with Crippen LogP contribution >= 0.6 is 0 Å². The summed E-state index contributed by atoms with van der Waals surface area (Å²) in [6.45, 7) is 8.75. The summed E-state index contributed by atoms with van der Waals surface area (Å²) in [6.07, 6.45) is 2.39. The maximum Gasteiger partial charge on any atom is 0.252 e. The number of aromatic nitrogens is 1. The second-order valence-electron chi connectivity index (χ2n) is 6.23. The van der Waals surface area contributed by atoms with Crippen LogP contribution in [0.15, 0.2) is 18.3 Å². The molecule has 1 saturated heterocycles. The van der Waals surface area contributed by atoms with Crippen LogP contribution in [0.3, 0.4) is 0 Å². The van der Waals surface area contributed by atoms with Crippen molar-refractivity contribution < 1.29 is 9.53 Å². The molecule has 1 aliphatic rings. The minimum absolute atomic E-state index is 0.168. The maximum atomic E-state index is 12.0. The summed E-state index contributed by atoms with van der Waals surface area (Å²) < 4.78 is 5.77. The van der Waals surface area contributed by atoms with E-state index in [2.05, 4.69) is 29.0 Å². The third-order valence-corrected chi connectivity index (χ3v) is 3.74. The van der Waals surface area contributed by atoms with Crippen LogP contribution in [0.4, 0.5) is 0 Å². The molecule has 124 valence electrons. The molecule has 0 bridgehead atoms. The van der Waals surface area contributed by atoms with Gasteiger partial charge in [0.05, 0.1) is 18.3 Å². The molecule has 23 heavy (non-hydrogen) atoms. The van der Waals surface area contributed by atoms with Crippen molar-refractivity contribution in [3.8, 4) is 6.07 Å². The van der Waals surface area contributed by atoms with Gasteiger partial charge in [-0.3, -0.25) is 9.69 Å². The normalized spacial score (nSPS) is 18.6. The van der Waals surface area contributed by atoms with Gasteiger partial charge in [-0.15, -0.1) is 0 Å². The van der Waals surface area contributed by atoms with Crippen LogP contribution in [0.5, 0.6) is 0 Å². The Hall–Kier alpha value is -1.97. The van der Waals surface area contributed by atoms with E-state index in [1.807, 2.05) is 6.07 Å². The fourth-order valence-corrected chi connectivity index (χ4v) is 2.68. The Balaban J connectivity index is 1.73. The van der Waals surface area contributed by atoms with Gasteiger partial charge in [-0.05, 0) is 24.5 Å². The van der Waals surface area contributed by atoms with E-state index in [1.165, 1.54) is 6.20 Å². The molecule has 0 spiro atoms. The third kappa shape index (κ3) is 5.62. The molecule has 1 aromatic rings. The van der Waals surface area contributed by atoms with Gasteiger partial charge < -0.3 is 10.1 Å². The van der Waals surface area contributed by atoms with E-state index in [9.17, 15) is 4.79 Å². The van der Waals surface area contributed by atoms with Gasteiger partial charge in [-0.25, -0.2) is 4.98 Å². The van der Waals surface area contributed by atoms with Gasteiger partial charge in [-0.1, -0.05) is 13.8 Å². The van der Waals surface area contributed by atoms with Gasteiger partial charge in [0.2, 0.25) is 0 Å². The molecule has 2 rings (SSSR count). The molecule has 2 heterocycles. The zero-order valence-corrected chi connectivity index (χ0v) is 13.8. The Morgan fingerprint density at radius 3 is 3.04 bits per heavy atom. The Labute approximate surface area is 137 Å². The summed E-state index contributed by atoms with van der Waals surface area (Å²) in [4.78, 5) is 18.3. The second kappa shape index (κ2) is 8.61. The highest BCUT2D eigenvalue weighted by atomic mass is 16.5. The summed E-state index contributed by atoms with van der Waals surface area (Å²) in [5.74, 6) is 0.481. The molecule has 6 heteroatoms. The number of amides is 1. The predicted octanol–water partition coefficient (Wildman–Crippen LogP) is 1.43. The van der Waals surface area contributed by atoms with E-state index in [0.29, 0.717) is 23.7 Å². The van der Waals surface area contributed by atoms with Crippen LogP contribution in [-0.4, -0.2) is 54.7 Å². The minimum Gasteiger partial charge on any atom is -0.375 e. The number of pyridine rings is 1. The number of ether oxygens (including phenoxy) is 1. The second-order valence-corrected chi connectivity index (χ2v) is 6.23. The molecule has 0 aromatic carbocycles. The fraction of sp³-hybridized carbons (Fsp3) is 0.588. The molecule has 0 radical (unpaired) electrons. The standard InChI is InChI=1S/C17H24N4O2/c1-13(2)11-21-7-8-23-16(12-21)5-6-19-17(22)14-3-4-15(9-18)20-10-14/h3-4,10,13,16H,5-8,11-12H2,1-2H3,(H,19,22). The predicted molar refractivity (Wildman–Crippen MR) is 86.9 cm³/mol.